The molecule has 0 amide bonds. The molecule has 0 aliphatic carbocycles. The standard InChI is InChI=1S/C17H28N4/c1-15(2,3)12-11-13(16(4,5)6)20-21(17(7,8)9)14(11)19-10-18-12/h10H,1-9H3. The van der Waals surface area contributed by atoms with Gasteiger partial charge in [-0.3, -0.25) is 0 Å². The van der Waals surface area contributed by atoms with E-state index in [1.54, 1.807) is 6.33 Å². The second-order valence-electron chi connectivity index (χ2n) is 8.85. The van der Waals surface area contributed by atoms with Crippen molar-refractivity contribution in [2.45, 2.75) is 78.7 Å². The van der Waals surface area contributed by atoms with Crippen LogP contribution in [0.4, 0.5) is 0 Å². The van der Waals surface area contributed by atoms with Crippen molar-refractivity contribution in [3.05, 3.63) is 17.7 Å². The summed E-state index contributed by atoms with van der Waals surface area (Å²) < 4.78 is 2.04. The third-order valence-electron chi connectivity index (χ3n) is 3.52. The summed E-state index contributed by atoms with van der Waals surface area (Å²) in [5.41, 5.74) is 2.91. The smallest absolute Gasteiger partial charge is 0.162 e. The number of aromatic nitrogens is 4. The molecule has 4 nitrogen and oxygen atoms in total. The van der Waals surface area contributed by atoms with Gasteiger partial charge in [-0.25, -0.2) is 14.6 Å². The van der Waals surface area contributed by atoms with Crippen molar-refractivity contribution in [2.75, 3.05) is 0 Å². The molecule has 0 aromatic carbocycles. The zero-order valence-electron chi connectivity index (χ0n) is 14.9. The molecule has 0 aliphatic heterocycles. The first-order chi connectivity index (χ1) is 9.33. The van der Waals surface area contributed by atoms with Crippen molar-refractivity contribution in [1.82, 2.24) is 19.7 Å². The predicted octanol–water partition coefficient (Wildman–Crippen LogP) is 4.18. The third kappa shape index (κ3) is 2.81. The molecule has 0 unspecified atom stereocenters. The van der Waals surface area contributed by atoms with Crippen LogP contribution in [0.1, 0.15) is 73.7 Å². The van der Waals surface area contributed by atoms with Crippen LogP contribution in [0.3, 0.4) is 0 Å². The summed E-state index contributed by atoms with van der Waals surface area (Å²) in [6.07, 6.45) is 1.67. The number of hydrogen-bond donors (Lipinski definition) is 0. The van der Waals surface area contributed by atoms with E-state index in [-0.39, 0.29) is 16.4 Å². The van der Waals surface area contributed by atoms with Gasteiger partial charge in [0.25, 0.3) is 0 Å². The van der Waals surface area contributed by atoms with E-state index in [2.05, 4.69) is 72.3 Å². The van der Waals surface area contributed by atoms with E-state index in [0.717, 1.165) is 22.4 Å². The van der Waals surface area contributed by atoms with Gasteiger partial charge in [-0.1, -0.05) is 41.5 Å². The second-order valence-corrected chi connectivity index (χ2v) is 8.85. The van der Waals surface area contributed by atoms with E-state index in [0.29, 0.717) is 0 Å². The van der Waals surface area contributed by atoms with Gasteiger partial charge in [0.05, 0.1) is 22.3 Å². The number of hydrogen-bond acceptors (Lipinski definition) is 3. The minimum absolute atomic E-state index is 0.0348. The molecule has 0 bridgehead atoms. The Hall–Kier alpha value is -1.45. The lowest BCUT2D eigenvalue weighted by atomic mass is 9.84. The van der Waals surface area contributed by atoms with Gasteiger partial charge in [-0.05, 0) is 20.8 Å². The van der Waals surface area contributed by atoms with Crippen molar-refractivity contribution >= 4 is 11.0 Å². The molecule has 2 heterocycles. The molecule has 0 atom stereocenters. The summed E-state index contributed by atoms with van der Waals surface area (Å²) in [5, 5.41) is 6.04. The normalized spacial score (nSPS) is 14.0. The Labute approximate surface area is 128 Å². The van der Waals surface area contributed by atoms with Crippen LogP contribution in [-0.2, 0) is 16.4 Å². The first-order valence-electron chi connectivity index (χ1n) is 7.58. The second kappa shape index (κ2) is 4.52. The molecule has 116 valence electrons. The number of fused-ring (bicyclic) bond motifs is 1. The summed E-state index contributed by atoms with van der Waals surface area (Å²) in [7, 11) is 0. The van der Waals surface area contributed by atoms with Gasteiger partial charge < -0.3 is 0 Å². The zero-order valence-corrected chi connectivity index (χ0v) is 14.9. The van der Waals surface area contributed by atoms with Crippen LogP contribution in [-0.4, -0.2) is 19.7 Å². The van der Waals surface area contributed by atoms with Gasteiger partial charge in [0.1, 0.15) is 6.33 Å². The average Bonchev–Trinajstić information content (AvgIpc) is 2.65. The SMILES string of the molecule is CC(C)(C)c1ncnc2c1c(C(C)(C)C)nn2C(C)(C)C. The van der Waals surface area contributed by atoms with Crippen LogP contribution in [0.25, 0.3) is 11.0 Å². The lowest BCUT2D eigenvalue weighted by Crippen LogP contribution is -2.24. The molecular formula is C17H28N4. The topological polar surface area (TPSA) is 43.6 Å². The highest BCUT2D eigenvalue weighted by Crippen LogP contribution is 2.36. The highest BCUT2D eigenvalue weighted by molar-refractivity contribution is 5.83. The Morgan fingerprint density at radius 2 is 1.29 bits per heavy atom. The molecule has 21 heavy (non-hydrogen) atoms. The Bertz CT molecular complexity index is 661. The molecular weight excluding hydrogens is 260 g/mol. The van der Waals surface area contributed by atoms with Gasteiger partial charge in [-0.2, -0.15) is 5.10 Å². The first kappa shape index (κ1) is 15.9. The van der Waals surface area contributed by atoms with Gasteiger partial charge in [0.2, 0.25) is 0 Å². The lowest BCUT2D eigenvalue weighted by Gasteiger charge is -2.21. The van der Waals surface area contributed by atoms with Crippen LogP contribution in [0.15, 0.2) is 6.33 Å². The third-order valence-corrected chi connectivity index (χ3v) is 3.52. The van der Waals surface area contributed by atoms with Crippen LogP contribution < -0.4 is 0 Å². The largest absolute Gasteiger partial charge is 0.242 e. The molecule has 0 spiro atoms. The minimum atomic E-state index is -0.106. The van der Waals surface area contributed by atoms with E-state index in [1.165, 1.54) is 0 Å². The maximum absolute atomic E-state index is 4.92. The highest BCUT2D eigenvalue weighted by atomic mass is 15.3. The summed E-state index contributed by atoms with van der Waals surface area (Å²) in [4.78, 5) is 9.13. The van der Waals surface area contributed by atoms with E-state index < -0.39 is 0 Å². The van der Waals surface area contributed by atoms with Gasteiger partial charge in [0, 0.05) is 10.8 Å². The van der Waals surface area contributed by atoms with Crippen LogP contribution in [0, 0.1) is 0 Å². The maximum Gasteiger partial charge on any atom is 0.162 e. The van der Waals surface area contributed by atoms with Crippen molar-refractivity contribution in [1.29, 1.82) is 0 Å². The Balaban J connectivity index is 2.97. The van der Waals surface area contributed by atoms with Gasteiger partial charge in [-0.15, -0.1) is 0 Å². The Kier molecular flexibility index (Phi) is 3.43. The number of nitrogens with zero attached hydrogens (tertiary/aromatic N) is 4. The van der Waals surface area contributed by atoms with Gasteiger partial charge in [0.15, 0.2) is 5.65 Å². The number of rotatable bonds is 0. The van der Waals surface area contributed by atoms with E-state index in [4.69, 9.17) is 5.10 Å². The van der Waals surface area contributed by atoms with E-state index in [1.807, 2.05) is 4.68 Å². The fourth-order valence-corrected chi connectivity index (χ4v) is 2.51. The van der Waals surface area contributed by atoms with Crippen LogP contribution >= 0.6 is 0 Å². The van der Waals surface area contributed by atoms with Gasteiger partial charge >= 0.3 is 0 Å². The summed E-state index contributed by atoms with van der Waals surface area (Å²) in [5.74, 6) is 0. The van der Waals surface area contributed by atoms with Crippen molar-refractivity contribution < 1.29 is 0 Å². The van der Waals surface area contributed by atoms with Crippen molar-refractivity contribution in [3.63, 3.8) is 0 Å². The minimum Gasteiger partial charge on any atom is -0.242 e. The molecule has 2 rings (SSSR count). The van der Waals surface area contributed by atoms with E-state index >= 15 is 0 Å². The summed E-state index contributed by atoms with van der Waals surface area (Å²) >= 11 is 0. The maximum atomic E-state index is 4.92. The Morgan fingerprint density at radius 3 is 1.71 bits per heavy atom. The molecule has 0 N–H and O–H groups in total. The molecule has 0 radical (unpaired) electrons. The highest BCUT2D eigenvalue weighted by Gasteiger charge is 2.32. The summed E-state index contributed by atoms with van der Waals surface area (Å²) in [6, 6.07) is 0. The summed E-state index contributed by atoms with van der Waals surface area (Å²) in [6.45, 7) is 19.6. The lowest BCUT2D eigenvalue weighted by molar-refractivity contribution is 0.357. The quantitative estimate of drug-likeness (QED) is 0.730. The zero-order chi connectivity index (χ0) is 16.2. The average molecular weight is 288 g/mol. The molecule has 2 aromatic heterocycles. The first-order valence-corrected chi connectivity index (χ1v) is 7.58. The molecule has 2 aromatic rings. The fourth-order valence-electron chi connectivity index (χ4n) is 2.51. The molecule has 0 saturated heterocycles. The van der Waals surface area contributed by atoms with Crippen molar-refractivity contribution in [3.8, 4) is 0 Å². The molecule has 0 fully saturated rings. The van der Waals surface area contributed by atoms with Crippen LogP contribution in [0.5, 0.6) is 0 Å². The predicted molar refractivity (Wildman–Crippen MR) is 87.7 cm³/mol. The molecule has 4 heteroatoms. The Morgan fingerprint density at radius 1 is 0.762 bits per heavy atom. The van der Waals surface area contributed by atoms with Crippen LogP contribution in [0.2, 0.25) is 0 Å². The molecule has 0 saturated carbocycles. The van der Waals surface area contributed by atoms with E-state index in [9.17, 15) is 0 Å². The monoisotopic (exact) mass is 288 g/mol. The molecule has 0 aliphatic rings. The van der Waals surface area contributed by atoms with Crippen molar-refractivity contribution in [2.24, 2.45) is 0 Å². The fraction of sp³-hybridized carbons (Fsp3) is 0.706.